The summed E-state index contributed by atoms with van der Waals surface area (Å²) in [6, 6.07) is 2.11. The van der Waals surface area contributed by atoms with Crippen LogP contribution in [0.2, 0.25) is 0 Å². The van der Waals surface area contributed by atoms with E-state index in [9.17, 15) is 10.1 Å². The molecular weight excluding hydrogens is 270 g/mol. The van der Waals surface area contributed by atoms with E-state index in [4.69, 9.17) is 5.26 Å². The first kappa shape index (κ1) is 17.0. The fraction of sp³-hybridized carbons (Fsp3) is 0.714. The molecule has 0 N–H and O–H groups in total. The Bertz CT molecular complexity index is 530. The predicted octanol–water partition coefficient (Wildman–Crippen LogP) is 2.89. The SMILES string of the molecule is CCCn1nc(C)c([N+](=O)[O-])c1N(CCC#N)CC(C)C. The van der Waals surface area contributed by atoms with Crippen molar-refractivity contribution in [2.24, 2.45) is 5.92 Å². The van der Waals surface area contributed by atoms with E-state index < -0.39 is 0 Å². The molecule has 116 valence electrons. The molecule has 0 spiro atoms. The Kier molecular flexibility index (Phi) is 6.15. The van der Waals surface area contributed by atoms with E-state index >= 15 is 0 Å². The smallest absolute Gasteiger partial charge is 0.333 e. The average Bonchev–Trinajstić information content (AvgIpc) is 2.71. The average molecular weight is 293 g/mol. The molecule has 1 aromatic rings. The van der Waals surface area contributed by atoms with Gasteiger partial charge in [0, 0.05) is 19.6 Å². The number of nitriles is 1. The number of hydrogen-bond acceptors (Lipinski definition) is 5. The summed E-state index contributed by atoms with van der Waals surface area (Å²) in [6.07, 6.45) is 1.18. The van der Waals surface area contributed by atoms with Crippen molar-refractivity contribution >= 4 is 11.5 Å². The van der Waals surface area contributed by atoms with Gasteiger partial charge < -0.3 is 4.90 Å². The van der Waals surface area contributed by atoms with Gasteiger partial charge in [-0.1, -0.05) is 20.8 Å². The minimum atomic E-state index is -0.372. The highest BCUT2D eigenvalue weighted by Crippen LogP contribution is 2.32. The number of nitro groups is 1. The normalized spacial score (nSPS) is 10.7. The summed E-state index contributed by atoms with van der Waals surface area (Å²) in [4.78, 5) is 12.9. The number of aryl methyl sites for hydroxylation is 2. The molecule has 7 heteroatoms. The van der Waals surface area contributed by atoms with Crippen molar-refractivity contribution in [3.63, 3.8) is 0 Å². The Hall–Kier alpha value is -2.10. The van der Waals surface area contributed by atoms with Gasteiger partial charge >= 0.3 is 5.69 Å². The van der Waals surface area contributed by atoms with Crippen LogP contribution in [0.15, 0.2) is 0 Å². The van der Waals surface area contributed by atoms with Crippen molar-refractivity contribution in [1.29, 1.82) is 5.26 Å². The third kappa shape index (κ3) is 4.18. The standard InChI is InChI=1S/C14H23N5O2/c1-5-8-18-14(13(19(20)21)12(4)16-18)17(9-6-7-15)10-11(2)3/h11H,5-6,8-10H2,1-4H3. The van der Waals surface area contributed by atoms with E-state index in [-0.39, 0.29) is 10.6 Å². The Balaban J connectivity index is 3.31. The maximum atomic E-state index is 11.4. The van der Waals surface area contributed by atoms with Crippen LogP contribution in [0, 0.1) is 34.3 Å². The van der Waals surface area contributed by atoms with Crippen LogP contribution in [0.25, 0.3) is 0 Å². The lowest BCUT2D eigenvalue weighted by molar-refractivity contribution is -0.384. The summed E-state index contributed by atoms with van der Waals surface area (Å²) in [6.45, 7) is 9.55. The largest absolute Gasteiger partial charge is 0.350 e. The van der Waals surface area contributed by atoms with E-state index in [1.165, 1.54) is 0 Å². The number of rotatable bonds is 8. The number of nitrogens with zero attached hydrogens (tertiary/aromatic N) is 5. The predicted molar refractivity (Wildman–Crippen MR) is 81.2 cm³/mol. The van der Waals surface area contributed by atoms with Crippen molar-refractivity contribution in [3.05, 3.63) is 15.8 Å². The van der Waals surface area contributed by atoms with Gasteiger partial charge in [-0.3, -0.25) is 10.1 Å². The first-order valence-corrected chi connectivity index (χ1v) is 7.26. The van der Waals surface area contributed by atoms with Gasteiger partial charge in [-0.05, 0) is 19.3 Å². The summed E-state index contributed by atoms with van der Waals surface area (Å²) in [5.74, 6) is 0.872. The highest BCUT2D eigenvalue weighted by atomic mass is 16.6. The molecule has 0 aliphatic rings. The minimum Gasteiger partial charge on any atom is -0.350 e. The number of aromatic nitrogens is 2. The van der Waals surface area contributed by atoms with Gasteiger partial charge in [0.25, 0.3) is 0 Å². The van der Waals surface area contributed by atoms with Gasteiger partial charge in [0.15, 0.2) is 0 Å². The maximum absolute atomic E-state index is 11.4. The minimum absolute atomic E-state index is 0.0574. The molecule has 0 aromatic carbocycles. The molecule has 1 rings (SSSR count). The van der Waals surface area contributed by atoms with Gasteiger partial charge in [0.1, 0.15) is 5.69 Å². The molecule has 0 saturated carbocycles. The Labute approximate surface area is 125 Å². The van der Waals surface area contributed by atoms with Crippen molar-refractivity contribution in [2.75, 3.05) is 18.0 Å². The van der Waals surface area contributed by atoms with Crippen LogP contribution in [0.4, 0.5) is 11.5 Å². The Morgan fingerprint density at radius 1 is 1.52 bits per heavy atom. The van der Waals surface area contributed by atoms with E-state index in [0.29, 0.717) is 43.5 Å². The van der Waals surface area contributed by atoms with Crippen LogP contribution in [0.1, 0.15) is 39.3 Å². The lowest BCUT2D eigenvalue weighted by Gasteiger charge is -2.25. The van der Waals surface area contributed by atoms with Gasteiger partial charge in [-0.25, -0.2) is 4.68 Å². The molecule has 1 aromatic heterocycles. The van der Waals surface area contributed by atoms with Crippen LogP contribution in [-0.2, 0) is 6.54 Å². The molecule has 0 fully saturated rings. The zero-order valence-corrected chi connectivity index (χ0v) is 13.2. The monoisotopic (exact) mass is 293 g/mol. The molecule has 0 aliphatic heterocycles. The van der Waals surface area contributed by atoms with Gasteiger partial charge in [-0.2, -0.15) is 10.4 Å². The van der Waals surface area contributed by atoms with E-state index in [1.54, 1.807) is 11.6 Å². The molecule has 1 heterocycles. The van der Waals surface area contributed by atoms with Gasteiger partial charge in [0.2, 0.25) is 5.82 Å². The second-order valence-electron chi connectivity index (χ2n) is 5.49. The third-order valence-corrected chi connectivity index (χ3v) is 3.07. The van der Waals surface area contributed by atoms with Crippen LogP contribution in [-0.4, -0.2) is 27.8 Å². The molecule has 0 aliphatic carbocycles. The molecule has 0 radical (unpaired) electrons. The lowest BCUT2D eigenvalue weighted by atomic mass is 10.2. The summed E-state index contributed by atoms with van der Waals surface area (Å²) >= 11 is 0. The van der Waals surface area contributed by atoms with Crippen LogP contribution in [0.5, 0.6) is 0 Å². The summed E-state index contributed by atoms with van der Waals surface area (Å²) in [5.41, 5.74) is 0.483. The summed E-state index contributed by atoms with van der Waals surface area (Å²) in [7, 11) is 0. The van der Waals surface area contributed by atoms with Crippen LogP contribution >= 0.6 is 0 Å². The van der Waals surface area contributed by atoms with Gasteiger partial charge in [0.05, 0.1) is 17.4 Å². The fourth-order valence-corrected chi connectivity index (χ4v) is 2.36. The molecule has 0 amide bonds. The number of hydrogen-bond donors (Lipinski definition) is 0. The first-order valence-electron chi connectivity index (χ1n) is 7.26. The second-order valence-corrected chi connectivity index (χ2v) is 5.49. The maximum Gasteiger partial charge on any atom is 0.333 e. The molecule has 0 unspecified atom stereocenters. The number of anilines is 1. The lowest BCUT2D eigenvalue weighted by Crippen LogP contribution is -2.31. The fourth-order valence-electron chi connectivity index (χ4n) is 2.36. The topological polar surface area (TPSA) is 88.0 Å². The first-order chi connectivity index (χ1) is 9.92. The summed E-state index contributed by atoms with van der Waals surface area (Å²) in [5, 5.41) is 24.5. The highest BCUT2D eigenvalue weighted by molar-refractivity contribution is 5.61. The highest BCUT2D eigenvalue weighted by Gasteiger charge is 2.29. The summed E-state index contributed by atoms with van der Waals surface area (Å²) < 4.78 is 1.70. The Morgan fingerprint density at radius 2 is 2.19 bits per heavy atom. The van der Waals surface area contributed by atoms with E-state index in [0.717, 1.165) is 6.42 Å². The molecule has 21 heavy (non-hydrogen) atoms. The van der Waals surface area contributed by atoms with Crippen molar-refractivity contribution < 1.29 is 4.92 Å². The quantitative estimate of drug-likeness (QED) is 0.543. The molecule has 0 atom stereocenters. The zero-order valence-electron chi connectivity index (χ0n) is 13.2. The molecule has 7 nitrogen and oxygen atoms in total. The van der Waals surface area contributed by atoms with E-state index in [1.807, 2.05) is 11.8 Å². The Morgan fingerprint density at radius 3 is 2.67 bits per heavy atom. The molecule has 0 bridgehead atoms. The van der Waals surface area contributed by atoms with Crippen LogP contribution < -0.4 is 4.90 Å². The van der Waals surface area contributed by atoms with Crippen molar-refractivity contribution in [2.45, 2.75) is 47.1 Å². The third-order valence-electron chi connectivity index (χ3n) is 3.07. The zero-order chi connectivity index (χ0) is 16.0. The molecular formula is C14H23N5O2. The molecule has 0 saturated heterocycles. The van der Waals surface area contributed by atoms with Crippen molar-refractivity contribution in [1.82, 2.24) is 9.78 Å². The van der Waals surface area contributed by atoms with Crippen LogP contribution in [0.3, 0.4) is 0 Å². The second kappa shape index (κ2) is 7.62. The van der Waals surface area contributed by atoms with Crippen molar-refractivity contribution in [3.8, 4) is 6.07 Å². The van der Waals surface area contributed by atoms with E-state index in [2.05, 4.69) is 25.0 Å². The van der Waals surface area contributed by atoms with Gasteiger partial charge in [-0.15, -0.1) is 0 Å².